The molecule has 1 heterocycles. The summed E-state index contributed by atoms with van der Waals surface area (Å²) in [4.78, 5) is 0. The van der Waals surface area contributed by atoms with Gasteiger partial charge in [0.1, 0.15) is 0 Å². The minimum atomic E-state index is -0.263. The van der Waals surface area contributed by atoms with Gasteiger partial charge >= 0.3 is 0 Å². The molecule has 0 N–H and O–H groups in total. The van der Waals surface area contributed by atoms with E-state index in [1.165, 1.54) is 0 Å². The van der Waals surface area contributed by atoms with Crippen LogP contribution in [0.1, 0.15) is 25.2 Å². The van der Waals surface area contributed by atoms with Crippen molar-refractivity contribution in [3.05, 3.63) is 71.3 Å². The maximum Gasteiger partial charge on any atom is 0.183 e. The number of allylic oxidation sites excluding steroid dienone is 1. The highest BCUT2D eigenvalue weighted by Crippen LogP contribution is 2.28. The minimum absolute atomic E-state index is 0.263. The Morgan fingerprint density at radius 2 is 1.52 bits per heavy atom. The van der Waals surface area contributed by atoms with Crippen LogP contribution in [0.15, 0.2) is 60.7 Å². The topological polar surface area (TPSA) is 18.5 Å². The molecule has 2 aromatic carbocycles. The second-order valence-electron chi connectivity index (χ2n) is 5.72. The van der Waals surface area contributed by atoms with Crippen LogP contribution in [0, 0.1) is 5.92 Å². The van der Waals surface area contributed by atoms with Crippen LogP contribution in [-0.4, -0.2) is 13.2 Å². The lowest BCUT2D eigenvalue weighted by atomic mass is 10.0. The van der Waals surface area contributed by atoms with Crippen LogP contribution in [0.4, 0.5) is 0 Å². The summed E-state index contributed by atoms with van der Waals surface area (Å²) in [6.45, 7) is 3.55. The van der Waals surface area contributed by atoms with E-state index in [9.17, 15) is 0 Å². The van der Waals surface area contributed by atoms with Gasteiger partial charge in [0, 0.05) is 16.5 Å². The van der Waals surface area contributed by atoms with Gasteiger partial charge in [-0.05, 0) is 29.7 Å². The molecule has 0 aliphatic carbocycles. The van der Waals surface area contributed by atoms with Crippen molar-refractivity contribution in [1.82, 2.24) is 0 Å². The van der Waals surface area contributed by atoms with Crippen LogP contribution in [0.2, 0.25) is 5.02 Å². The molecule has 0 amide bonds. The van der Waals surface area contributed by atoms with E-state index in [4.69, 9.17) is 21.1 Å². The van der Waals surface area contributed by atoms with Gasteiger partial charge in [0.2, 0.25) is 0 Å². The van der Waals surface area contributed by atoms with E-state index in [1.807, 2.05) is 24.3 Å². The Morgan fingerprint density at radius 3 is 2.09 bits per heavy atom. The van der Waals surface area contributed by atoms with E-state index >= 15 is 0 Å². The van der Waals surface area contributed by atoms with Crippen molar-refractivity contribution < 1.29 is 9.47 Å². The molecule has 2 nitrogen and oxygen atoms in total. The zero-order chi connectivity index (χ0) is 16.1. The van der Waals surface area contributed by atoms with Crippen LogP contribution in [-0.2, 0) is 9.47 Å². The summed E-state index contributed by atoms with van der Waals surface area (Å²) in [5.74, 6) is 0.361. The number of benzene rings is 2. The lowest BCUT2D eigenvalue weighted by molar-refractivity contribution is -0.197. The van der Waals surface area contributed by atoms with Crippen LogP contribution in [0.5, 0.6) is 0 Å². The molecule has 0 unspecified atom stereocenters. The number of hydrogen-bond donors (Lipinski definition) is 0. The van der Waals surface area contributed by atoms with E-state index in [-0.39, 0.29) is 6.29 Å². The molecule has 1 fully saturated rings. The second kappa shape index (κ2) is 7.78. The summed E-state index contributed by atoms with van der Waals surface area (Å²) in [6, 6.07) is 16.2. The molecule has 1 saturated heterocycles. The first-order valence-electron chi connectivity index (χ1n) is 8.02. The summed E-state index contributed by atoms with van der Waals surface area (Å²) < 4.78 is 11.7. The van der Waals surface area contributed by atoms with Gasteiger partial charge in [-0.3, -0.25) is 0 Å². The Morgan fingerprint density at radius 1 is 0.957 bits per heavy atom. The molecule has 2 aromatic rings. The Balaban J connectivity index is 1.64. The summed E-state index contributed by atoms with van der Waals surface area (Å²) in [7, 11) is 0. The largest absolute Gasteiger partial charge is 0.348 e. The van der Waals surface area contributed by atoms with Gasteiger partial charge in [-0.25, -0.2) is 0 Å². The summed E-state index contributed by atoms with van der Waals surface area (Å²) >= 11 is 5.93. The van der Waals surface area contributed by atoms with E-state index in [0.717, 1.165) is 28.1 Å². The number of halogens is 1. The summed E-state index contributed by atoms with van der Waals surface area (Å²) in [5, 5.41) is 0.751. The van der Waals surface area contributed by atoms with Crippen molar-refractivity contribution in [3.63, 3.8) is 0 Å². The highest BCUT2D eigenvalue weighted by atomic mass is 35.5. The Labute approximate surface area is 142 Å². The lowest BCUT2D eigenvalue weighted by Crippen LogP contribution is -2.25. The van der Waals surface area contributed by atoms with Gasteiger partial charge in [-0.15, -0.1) is 0 Å². The zero-order valence-corrected chi connectivity index (χ0v) is 14.0. The molecule has 0 bridgehead atoms. The monoisotopic (exact) mass is 328 g/mol. The van der Waals surface area contributed by atoms with E-state index in [1.54, 1.807) is 0 Å². The van der Waals surface area contributed by atoms with Gasteiger partial charge in [0.05, 0.1) is 13.2 Å². The molecule has 23 heavy (non-hydrogen) atoms. The molecular weight excluding hydrogens is 308 g/mol. The van der Waals surface area contributed by atoms with Crippen molar-refractivity contribution in [3.8, 4) is 11.1 Å². The predicted molar refractivity (Wildman–Crippen MR) is 94.5 cm³/mol. The van der Waals surface area contributed by atoms with E-state index in [2.05, 4.69) is 43.3 Å². The fraction of sp³-hybridized carbons (Fsp3) is 0.300. The quantitative estimate of drug-likeness (QED) is 0.677. The summed E-state index contributed by atoms with van der Waals surface area (Å²) in [6.07, 6.45) is 5.13. The second-order valence-corrected chi connectivity index (χ2v) is 6.16. The molecule has 0 aromatic heterocycles. The standard InChI is InChI=1S/C20H21ClO2/c1-2-3-4-15-13-22-20(23-14-15)18-7-5-16(6-8-18)17-9-11-19(21)12-10-17/h3-12,15,20H,2,13-14H2,1H3. The predicted octanol–water partition coefficient (Wildman–Crippen LogP) is 5.63. The first-order chi connectivity index (χ1) is 11.3. The third kappa shape index (κ3) is 4.23. The number of rotatable bonds is 4. The van der Waals surface area contributed by atoms with Gasteiger partial charge < -0.3 is 9.47 Å². The van der Waals surface area contributed by atoms with Crippen LogP contribution < -0.4 is 0 Å². The lowest BCUT2D eigenvalue weighted by Gasteiger charge is -2.28. The van der Waals surface area contributed by atoms with Crippen molar-refractivity contribution >= 4 is 11.6 Å². The molecule has 0 radical (unpaired) electrons. The van der Waals surface area contributed by atoms with Gasteiger partial charge in [0.15, 0.2) is 6.29 Å². The van der Waals surface area contributed by atoms with Crippen molar-refractivity contribution in [2.75, 3.05) is 13.2 Å². The first-order valence-corrected chi connectivity index (χ1v) is 8.40. The first kappa shape index (κ1) is 16.3. The Bertz CT molecular complexity index is 638. The smallest absolute Gasteiger partial charge is 0.183 e. The molecule has 0 spiro atoms. The molecule has 1 aliphatic heterocycles. The minimum Gasteiger partial charge on any atom is -0.348 e. The van der Waals surface area contributed by atoms with Gasteiger partial charge in [-0.1, -0.05) is 67.1 Å². The summed E-state index contributed by atoms with van der Waals surface area (Å²) in [5.41, 5.74) is 3.36. The molecular formula is C20H21ClO2. The molecule has 0 atom stereocenters. The molecule has 1 aliphatic rings. The van der Waals surface area contributed by atoms with E-state index < -0.39 is 0 Å². The fourth-order valence-electron chi connectivity index (χ4n) is 2.63. The van der Waals surface area contributed by atoms with Crippen molar-refractivity contribution in [2.45, 2.75) is 19.6 Å². The van der Waals surface area contributed by atoms with Crippen LogP contribution >= 0.6 is 11.6 Å². The van der Waals surface area contributed by atoms with Gasteiger partial charge in [0.25, 0.3) is 0 Å². The van der Waals surface area contributed by atoms with E-state index in [0.29, 0.717) is 19.1 Å². The normalized spacial score (nSPS) is 21.7. The highest BCUT2D eigenvalue weighted by Gasteiger charge is 2.21. The maximum absolute atomic E-state index is 5.93. The Kier molecular flexibility index (Phi) is 5.50. The number of ether oxygens (including phenoxy) is 2. The van der Waals surface area contributed by atoms with Crippen molar-refractivity contribution in [1.29, 1.82) is 0 Å². The SMILES string of the molecule is CCC=CC1COC(c2ccc(-c3ccc(Cl)cc3)cc2)OC1. The highest BCUT2D eigenvalue weighted by molar-refractivity contribution is 6.30. The number of hydrogen-bond acceptors (Lipinski definition) is 2. The third-order valence-corrected chi connectivity index (χ3v) is 4.18. The van der Waals surface area contributed by atoms with Crippen molar-refractivity contribution in [2.24, 2.45) is 5.92 Å². The third-order valence-electron chi connectivity index (χ3n) is 3.93. The fourth-order valence-corrected chi connectivity index (χ4v) is 2.75. The molecule has 3 heteroatoms. The van der Waals surface area contributed by atoms with Crippen LogP contribution in [0.3, 0.4) is 0 Å². The van der Waals surface area contributed by atoms with Gasteiger partial charge in [-0.2, -0.15) is 0 Å². The Hall–Kier alpha value is -1.61. The average Bonchev–Trinajstić information content (AvgIpc) is 2.61. The molecule has 3 rings (SSSR count). The van der Waals surface area contributed by atoms with Crippen LogP contribution in [0.25, 0.3) is 11.1 Å². The maximum atomic E-state index is 5.93. The molecule has 0 saturated carbocycles. The average molecular weight is 329 g/mol. The zero-order valence-electron chi connectivity index (χ0n) is 13.2. The molecule has 120 valence electrons.